The van der Waals surface area contributed by atoms with Crippen LogP contribution >= 0.6 is 0 Å². The fraction of sp³-hybridized carbons (Fsp3) is 0.600. The number of hydrogen-bond donors (Lipinski definition) is 1. The molecule has 2 nitrogen and oxygen atoms in total. The highest BCUT2D eigenvalue weighted by Crippen LogP contribution is 2.34. The monoisotopic (exact) mass is 251 g/mol. The summed E-state index contributed by atoms with van der Waals surface area (Å²) in [4.78, 5) is 2.32. The number of piperidine rings is 1. The van der Waals surface area contributed by atoms with Crippen molar-refractivity contribution in [3.63, 3.8) is 0 Å². The van der Waals surface area contributed by atoms with Gasteiger partial charge in [0.25, 0.3) is 0 Å². The van der Waals surface area contributed by atoms with Gasteiger partial charge in [-0.1, -0.05) is 19.9 Å². The number of aromatic hydroxyl groups is 1. The summed E-state index contributed by atoms with van der Waals surface area (Å²) < 4.78 is 13.8. The largest absolute Gasteiger partial charge is 0.508 e. The molecule has 0 aromatic heterocycles. The summed E-state index contributed by atoms with van der Waals surface area (Å²) in [6.45, 7) is 8.63. The summed E-state index contributed by atoms with van der Waals surface area (Å²) in [5.41, 5.74) is 1.08. The number of rotatable bonds is 2. The van der Waals surface area contributed by atoms with Gasteiger partial charge in [0.05, 0.1) is 0 Å². The molecule has 1 heterocycles. The van der Waals surface area contributed by atoms with Gasteiger partial charge in [0.2, 0.25) is 0 Å². The van der Waals surface area contributed by atoms with Gasteiger partial charge in [-0.2, -0.15) is 0 Å². The molecule has 1 N–H and O–H groups in total. The molecule has 1 saturated heterocycles. The minimum atomic E-state index is -0.313. The van der Waals surface area contributed by atoms with Crippen molar-refractivity contribution < 1.29 is 9.50 Å². The van der Waals surface area contributed by atoms with Gasteiger partial charge in [0, 0.05) is 17.7 Å². The first kappa shape index (κ1) is 13.3. The Morgan fingerprint density at radius 2 is 1.89 bits per heavy atom. The van der Waals surface area contributed by atoms with E-state index in [-0.39, 0.29) is 17.6 Å². The molecule has 1 fully saturated rings. The minimum Gasteiger partial charge on any atom is -0.508 e. The number of phenols is 1. The summed E-state index contributed by atoms with van der Waals surface area (Å²) in [6.07, 6.45) is 2.30. The van der Waals surface area contributed by atoms with Crippen LogP contribution in [0.5, 0.6) is 5.75 Å². The van der Waals surface area contributed by atoms with Crippen LogP contribution in [-0.2, 0) is 0 Å². The molecule has 0 amide bonds. The van der Waals surface area contributed by atoms with Gasteiger partial charge < -0.3 is 5.11 Å². The lowest BCUT2D eigenvalue weighted by Gasteiger charge is -2.40. The number of hydrogen-bond acceptors (Lipinski definition) is 2. The maximum absolute atomic E-state index is 13.8. The maximum Gasteiger partial charge on any atom is 0.131 e. The number of nitrogens with zero attached hydrogens (tertiary/aromatic N) is 1. The van der Waals surface area contributed by atoms with E-state index in [0.29, 0.717) is 11.0 Å². The molecule has 1 aliphatic heterocycles. The Morgan fingerprint density at radius 1 is 1.28 bits per heavy atom. The molecule has 1 aromatic carbocycles. The highest BCUT2D eigenvalue weighted by Gasteiger charge is 2.28. The van der Waals surface area contributed by atoms with E-state index < -0.39 is 0 Å². The molecule has 0 aliphatic carbocycles. The zero-order valence-corrected chi connectivity index (χ0v) is 11.4. The van der Waals surface area contributed by atoms with Crippen LogP contribution in [0.1, 0.15) is 45.2 Å². The molecule has 3 heteroatoms. The SMILES string of the molecule is CC(c1ccc(O)cc1F)N1CCC(C)(C)CC1. The van der Waals surface area contributed by atoms with Gasteiger partial charge in [-0.15, -0.1) is 0 Å². The number of benzene rings is 1. The topological polar surface area (TPSA) is 23.5 Å². The number of phenolic OH excluding ortho intramolecular Hbond substituents is 1. The predicted molar refractivity (Wildman–Crippen MR) is 71.1 cm³/mol. The van der Waals surface area contributed by atoms with Crippen LogP contribution in [0.15, 0.2) is 18.2 Å². The van der Waals surface area contributed by atoms with Crippen LogP contribution in [-0.4, -0.2) is 23.1 Å². The van der Waals surface area contributed by atoms with Crippen molar-refractivity contribution in [2.75, 3.05) is 13.1 Å². The van der Waals surface area contributed by atoms with Gasteiger partial charge in [0.15, 0.2) is 0 Å². The van der Waals surface area contributed by atoms with Crippen LogP contribution in [0.3, 0.4) is 0 Å². The summed E-state index contributed by atoms with van der Waals surface area (Å²) in [5.74, 6) is -0.324. The first-order valence-electron chi connectivity index (χ1n) is 6.61. The van der Waals surface area contributed by atoms with Crippen molar-refractivity contribution in [1.82, 2.24) is 4.90 Å². The van der Waals surface area contributed by atoms with Crippen LogP contribution < -0.4 is 0 Å². The molecule has 0 bridgehead atoms. The van der Waals surface area contributed by atoms with Gasteiger partial charge in [-0.25, -0.2) is 4.39 Å². The molecule has 100 valence electrons. The van der Waals surface area contributed by atoms with Crippen LogP contribution in [0.25, 0.3) is 0 Å². The lowest BCUT2D eigenvalue weighted by molar-refractivity contribution is 0.0990. The smallest absolute Gasteiger partial charge is 0.131 e. The fourth-order valence-electron chi connectivity index (χ4n) is 2.57. The van der Waals surface area contributed by atoms with Crippen molar-refractivity contribution in [1.29, 1.82) is 0 Å². The first-order chi connectivity index (χ1) is 8.39. The number of likely N-dealkylation sites (tertiary alicyclic amines) is 1. The second-order valence-corrected chi connectivity index (χ2v) is 6.08. The molecular formula is C15H22FNO. The minimum absolute atomic E-state index is 0.0109. The Morgan fingerprint density at radius 3 is 2.44 bits per heavy atom. The average molecular weight is 251 g/mol. The third-order valence-corrected chi connectivity index (χ3v) is 4.13. The second kappa shape index (κ2) is 4.88. The Bertz CT molecular complexity index is 421. The summed E-state index contributed by atoms with van der Waals surface area (Å²) in [6, 6.07) is 4.51. The van der Waals surface area contributed by atoms with E-state index in [0.717, 1.165) is 25.9 Å². The van der Waals surface area contributed by atoms with Gasteiger partial charge in [-0.3, -0.25) is 4.90 Å². The molecular weight excluding hydrogens is 229 g/mol. The maximum atomic E-state index is 13.8. The lowest BCUT2D eigenvalue weighted by Crippen LogP contribution is -2.39. The molecule has 0 radical (unpaired) electrons. The quantitative estimate of drug-likeness (QED) is 0.866. The van der Waals surface area contributed by atoms with Crippen LogP contribution in [0.2, 0.25) is 0 Å². The van der Waals surface area contributed by atoms with E-state index in [1.54, 1.807) is 12.1 Å². The zero-order valence-electron chi connectivity index (χ0n) is 11.4. The third-order valence-electron chi connectivity index (χ3n) is 4.13. The molecule has 1 aliphatic rings. The average Bonchev–Trinajstić information content (AvgIpc) is 2.28. The Hall–Kier alpha value is -1.09. The van der Waals surface area contributed by atoms with Crippen LogP contribution in [0.4, 0.5) is 4.39 Å². The van der Waals surface area contributed by atoms with Crippen molar-refractivity contribution in [3.05, 3.63) is 29.6 Å². The third kappa shape index (κ3) is 2.83. The predicted octanol–water partition coefficient (Wildman–Crippen LogP) is 3.71. The Labute approximate surface area is 108 Å². The van der Waals surface area contributed by atoms with E-state index in [4.69, 9.17) is 0 Å². The summed E-state index contributed by atoms with van der Waals surface area (Å²) in [5, 5.41) is 9.24. The van der Waals surface area contributed by atoms with E-state index >= 15 is 0 Å². The summed E-state index contributed by atoms with van der Waals surface area (Å²) in [7, 11) is 0. The Kier molecular flexibility index (Phi) is 3.62. The van der Waals surface area contributed by atoms with Gasteiger partial charge in [-0.05, 0) is 44.3 Å². The molecule has 18 heavy (non-hydrogen) atoms. The van der Waals surface area contributed by atoms with E-state index in [1.807, 2.05) is 6.92 Å². The van der Waals surface area contributed by atoms with Crippen molar-refractivity contribution in [3.8, 4) is 5.75 Å². The van der Waals surface area contributed by atoms with Crippen LogP contribution in [0, 0.1) is 11.2 Å². The zero-order chi connectivity index (χ0) is 13.3. The van der Waals surface area contributed by atoms with E-state index in [9.17, 15) is 9.50 Å². The first-order valence-corrected chi connectivity index (χ1v) is 6.61. The number of halogens is 1. The van der Waals surface area contributed by atoms with Gasteiger partial charge in [0.1, 0.15) is 11.6 Å². The van der Waals surface area contributed by atoms with E-state index in [1.165, 1.54) is 6.07 Å². The highest BCUT2D eigenvalue weighted by molar-refractivity contribution is 5.29. The normalized spacial score (nSPS) is 21.8. The van der Waals surface area contributed by atoms with Crippen molar-refractivity contribution in [2.24, 2.45) is 5.41 Å². The van der Waals surface area contributed by atoms with E-state index in [2.05, 4.69) is 18.7 Å². The summed E-state index contributed by atoms with van der Waals surface area (Å²) >= 11 is 0. The second-order valence-electron chi connectivity index (χ2n) is 6.08. The van der Waals surface area contributed by atoms with Crippen molar-refractivity contribution >= 4 is 0 Å². The molecule has 1 atom stereocenters. The van der Waals surface area contributed by atoms with Gasteiger partial charge >= 0.3 is 0 Å². The molecule has 2 rings (SSSR count). The molecule has 1 unspecified atom stereocenters. The molecule has 1 aromatic rings. The molecule has 0 saturated carbocycles. The standard InChI is InChI=1S/C15H22FNO/c1-11(13-5-4-12(18)10-14(13)16)17-8-6-15(2,3)7-9-17/h4-5,10-11,18H,6-9H2,1-3H3. The highest BCUT2D eigenvalue weighted by atomic mass is 19.1. The fourth-order valence-corrected chi connectivity index (χ4v) is 2.57. The lowest BCUT2D eigenvalue weighted by atomic mass is 9.82. The van der Waals surface area contributed by atoms with Crippen molar-refractivity contribution in [2.45, 2.75) is 39.7 Å². The Balaban J connectivity index is 2.10. The molecule has 0 spiro atoms.